The fourth-order valence-corrected chi connectivity index (χ4v) is 3.12. The van der Waals surface area contributed by atoms with Crippen LogP contribution in [0.3, 0.4) is 0 Å². The largest absolute Gasteiger partial charge is 0.354 e. The fourth-order valence-electron chi connectivity index (χ4n) is 3.12. The maximum absolute atomic E-state index is 12.4. The van der Waals surface area contributed by atoms with Crippen molar-refractivity contribution in [1.29, 1.82) is 0 Å². The first kappa shape index (κ1) is 18.9. The van der Waals surface area contributed by atoms with Gasteiger partial charge in [0, 0.05) is 31.6 Å². The molecule has 0 aromatic carbocycles. The highest BCUT2D eigenvalue weighted by Gasteiger charge is 2.29. The SMILES string of the molecule is CC(C)C(=O)N1CCC[C@@H](C(=O)NC[C@H](C(C)C)N(C)C)C1. The van der Waals surface area contributed by atoms with Gasteiger partial charge in [0.05, 0.1) is 5.92 Å². The van der Waals surface area contributed by atoms with Gasteiger partial charge >= 0.3 is 0 Å². The number of amides is 2. The molecular formula is C17H33N3O2. The number of hydrogen-bond acceptors (Lipinski definition) is 3. The van der Waals surface area contributed by atoms with Gasteiger partial charge in [0.25, 0.3) is 0 Å². The summed E-state index contributed by atoms with van der Waals surface area (Å²) in [6.07, 6.45) is 1.79. The van der Waals surface area contributed by atoms with Crippen molar-refractivity contribution in [1.82, 2.24) is 15.1 Å². The molecule has 5 heteroatoms. The zero-order chi connectivity index (χ0) is 16.9. The molecule has 1 aliphatic rings. The van der Waals surface area contributed by atoms with E-state index in [1.165, 1.54) is 0 Å². The lowest BCUT2D eigenvalue weighted by Gasteiger charge is -2.34. The van der Waals surface area contributed by atoms with Gasteiger partial charge < -0.3 is 15.1 Å². The summed E-state index contributed by atoms with van der Waals surface area (Å²) in [6.45, 7) is 10.2. The molecule has 1 aliphatic heterocycles. The third-order valence-corrected chi connectivity index (χ3v) is 4.52. The number of piperidine rings is 1. The van der Waals surface area contributed by atoms with Gasteiger partial charge in [0.15, 0.2) is 0 Å². The maximum Gasteiger partial charge on any atom is 0.225 e. The van der Waals surface area contributed by atoms with Crippen molar-refractivity contribution in [2.24, 2.45) is 17.8 Å². The molecule has 1 saturated heterocycles. The van der Waals surface area contributed by atoms with Gasteiger partial charge in [0.2, 0.25) is 11.8 Å². The van der Waals surface area contributed by atoms with Gasteiger partial charge in [-0.1, -0.05) is 27.7 Å². The van der Waals surface area contributed by atoms with Crippen LogP contribution in [-0.2, 0) is 9.59 Å². The van der Waals surface area contributed by atoms with Crippen LogP contribution in [0.2, 0.25) is 0 Å². The van der Waals surface area contributed by atoms with Crippen LogP contribution in [0.5, 0.6) is 0 Å². The van der Waals surface area contributed by atoms with Crippen molar-refractivity contribution in [3.63, 3.8) is 0 Å². The molecule has 2 amide bonds. The number of likely N-dealkylation sites (tertiary alicyclic amines) is 1. The van der Waals surface area contributed by atoms with Gasteiger partial charge in [-0.05, 0) is 32.9 Å². The van der Waals surface area contributed by atoms with Crippen LogP contribution in [0.4, 0.5) is 0 Å². The van der Waals surface area contributed by atoms with Crippen molar-refractivity contribution >= 4 is 11.8 Å². The molecule has 0 unspecified atom stereocenters. The van der Waals surface area contributed by atoms with E-state index in [1.54, 1.807) is 0 Å². The Balaban J connectivity index is 2.53. The Bertz CT molecular complexity index is 372. The average Bonchev–Trinajstić information content (AvgIpc) is 2.45. The third kappa shape index (κ3) is 5.27. The Labute approximate surface area is 135 Å². The second-order valence-electron chi connectivity index (χ2n) is 7.30. The summed E-state index contributed by atoms with van der Waals surface area (Å²) in [5, 5.41) is 3.09. The minimum Gasteiger partial charge on any atom is -0.354 e. The highest BCUT2D eigenvalue weighted by Crippen LogP contribution is 2.18. The summed E-state index contributed by atoms with van der Waals surface area (Å²) < 4.78 is 0. The molecule has 0 aliphatic carbocycles. The van der Waals surface area contributed by atoms with E-state index in [0.717, 1.165) is 19.4 Å². The van der Waals surface area contributed by atoms with Crippen molar-refractivity contribution in [2.75, 3.05) is 33.7 Å². The number of likely N-dealkylation sites (N-methyl/N-ethyl adjacent to an activating group) is 1. The van der Waals surface area contributed by atoms with Gasteiger partial charge in [-0.15, -0.1) is 0 Å². The van der Waals surface area contributed by atoms with Crippen LogP contribution in [0.1, 0.15) is 40.5 Å². The van der Waals surface area contributed by atoms with E-state index in [-0.39, 0.29) is 23.7 Å². The van der Waals surface area contributed by atoms with Crippen LogP contribution in [0.15, 0.2) is 0 Å². The second-order valence-corrected chi connectivity index (χ2v) is 7.30. The van der Waals surface area contributed by atoms with Gasteiger partial charge in [-0.25, -0.2) is 0 Å². The van der Waals surface area contributed by atoms with E-state index in [9.17, 15) is 9.59 Å². The molecule has 128 valence electrons. The van der Waals surface area contributed by atoms with Crippen LogP contribution >= 0.6 is 0 Å². The minimum atomic E-state index is -0.0635. The fraction of sp³-hybridized carbons (Fsp3) is 0.882. The van der Waals surface area contributed by atoms with Crippen LogP contribution in [0.25, 0.3) is 0 Å². The van der Waals surface area contributed by atoms with Crippen LogP contribution in [-0.4, -0.2) is 61.4 Å². The molecule has 1 fully saturated rings. The van der Waals surface area contributed by atoms with E-state index in [1.807, 2.05) is 32.8 Å². The highest BCUT2D eigenvalue weighted by atomic mass is 16.2. The number of nitrogens with one attached hydrogen (secondary N) is 1. The van der Waals surface area contributed by atoms with E-state index in [2.05, 4.69) is 24.1 Å². The smallest absolute Gasteiger partial charge is 0.225 e. The molecule has 1 heterocycles. The van der Waals surface area contributed by atoms with E-state index < -0.39 is 0 Å². The Morgan fingerprint density at radius 2 is 1.86 bits per heavy atom. The lowest BCUT2D eigenvalue weighted by atomic mass is 9.95. The Morgan fingerprint density at radius 3 is 2.36 bits per heavy atom. The molecule has 22 heavy (non-hydrogen) atoms. The molecule has 0 aromatic rings. The number of carbonyl (C=O) groups excluding carboxylic acids is 2. The number of hydrogen-bond donors (Lipinski definition) is 1. The zero-order valence-corrected chi connectivity index (χ0v) is 15.1. The van der Waals surface area contributed by atoms with Crippen LogP contribution in [0, 0.1) is 17.8 Å². The van der Waals surface area contributed by atoms with Crippen molar-refractivity contribution in [2.45, 2.75) is 46.6 Å². The lowest BCUT2D eigenvalue weighted by molar-refractivity contribution is -0.138. The van der Waals surface area contributed by atoms with E-state index in [4.69, 9.17) is 0 Å². The lowest BCUT2D eigenvalue weighted by Crippen LogP contribution is -2.49. The molecular weight excluding hydrogens is 278 g/mol. The molecule has 0 aromatic heterocycles. The van der Waals surface area contributed by atoms with Crippen molar-refractivity contribution in [3.05, 3.63) is 0 Å². The normalized spacial score (nSPS) is 20.6. The topological polar surface area (TPSA) is 52.7 Å². The summed E-state index contributed by atoms with van der Waals surface area (Å²) >= 11 is 0. The molecule has 5 nitrogen and oxygen atoms in total. The third-order valence-electron chi connectivity index (χ3n) is 4.52. The van der Waals surface area contributed by atoms with Gasteiger partial charge in [-0.2, -0.15) is 0 Å². The summed E-state index contributed by atoms with van der Waals surface area (Å²) in [4.78, 5) is 28.5. The quantitative estimate of drug-likeness (QED) is 0.810. The summed E-state index contributed by atoms with van der Waals surface area (Å²) in [5.41, 5.74) is 0. The number of rotatable bonds is 6. The van der Waals surface area contributed by atoms with Crippen molar-refractivity contribution < 1.29 is 9.59 Å². The number of nitrogens with zero attached hydrogens (tertiary/aromatic N) is 2. The zero-order valence-electron chi connectivity index (χ0n) is 15.1. The average molecular weight is 311 g/mol. The molecule has 0 radical (unpaired) electrons. The van der Waals surface area contributed by atoms with E-state index >= 15 is 0 Å². The van der Waals surface area contributed by atoms with Gasteiger partial charge in [0.1, 0.15) is 0 Å². The molecule has 2 atom stereocenters. The summed E-state index contributed by atoms with van der Waals surface area (Å²) in [5.74, 6) is 0.674. The maximum atomic E-state index is 12.4. The van der Waals surface area contributed by atoms with E-state index in [0.29, 0.717) is 25.0 Å². The Kier molecular flexibility index (Phi) is 7.33. The monoisotopic (exact) mass is 311 g/mol. The van der Waals surface area contributed by atoms with Gasteiger partial charge in [-0.3, -0.25) is 9.59 Å². The van der Waals surface area contributed by atoms with Crippen LogP contribution < -0.4 is 5.32 Å². The van der Waals surface area contributed by atoms with Crippen molar-refractivity contribution in [3.8, 4) is 0 Å². The predicted molar refractivity (Wildman–Crippen MR) is 89.5 cm³/mol. The second kappa shape index (κ2) is 8.51. The molecule has 1 N–H and O–H groups in total. The standard InChI is InChI=1S/C17H33N3O2/c1-12(2)15(19(5)6)10-18-16(21)14-8-7-9-20(11-14)17(22)13(3)4/h12-15H,7-11H2,1-6H3,(H,18,21)/t14-,15-/m1/s1. The predicted octanol–water partition coefficient (Wildman–Crippen LogP) is 1.58. The first-order valence-corrected chi connectivity index (χ1v) is 8.47. The highest BCUT2D eigenvalue weighted by molar-refractivity contribution is 5.82. The summed E-state index contributed by atoms with van der Waals surface area (Å²) in [7, 11) is 4.08. The molecule has 0 spiro atoms. The summed E-state index contributed by atoms with van der Waals surface area (Å²) in [6, 6.07) is 0.334. The minimum absolute atomic E-state index is 0.000809. The Morgan fingerprint density at radius 1 is 1.23 bits per heavy atom. The number of carbonyl (C=O) groups is 2. The first-order chi connectivity index (χ1) is 10.2. The first-order valence-electron chi connectivity index (χ1n) is 8.47. The Hall–Kier alpha value is -1.10. The molecule has 0 saturated carbocycles. The molecule has 0 bridgehead atoms. The molecule has 1 rings (SSSR count).